The average molecular weight is 412 g/mol. The van der Waals surface area contributed by atoms with Crippen LogP contribution >= 0.6 is 23.5 Å². The maximum absolute atomic E-state index is 5.19. The molecule has 0 aliphatic carbocycles. The first kappa shape index (κ1) is 20.7. The Bertz CT molecular complexity index is 964. The van der Waals surface area contributed by atoms with Crippen molar-refractivity contribution in [1.82, 2.24) is 9.97 Å². The van der Waals surface area contributed by atoms with E-state index in [0.717, 1.165) is 22.1 Å². The van der Waals surface area contributed by atoms with Gasteiger partial charge in [0.1, 0.15) is 5.04 Å². The summed E-state index contributed by atoms with van der Waals surface area (Å²) in [5.41, 5.74) is 4.59. The number of hydrogen-bond acceptors (Lipinski definition) is 6. The molecular formula is C22H25N3OS2. The number of ether oxygens (including phenoxy) is 1. The van der Waals surface area contributed by atoms with Crippen LogP contribution in [0.3, 0.4) is 0 Å². The summed E-state index contributed by atoms with van der Waals surface area (Å²) in [6.45, 7) is 12.9. The van der Waals surface area contributed by atoms with Crippen LogP contribution in [0.4, 0.5) is 5.69 Å². The molecule has 0 radical (unpaired) electrons. The van der Waals surface area contributed by atoms with Crippen LogP contribution < -0.4 is 4.74 Å². The van der Waals surface area contributed by atoms with Crippen LogP contribution in [0.25, 0.3) is 0 Å². The molecule has 4 nitrogen and oxygen atoms in total. The Morgan fingerprint density at radius 1 is 1.29 bits per heavy atom. The lowest BCUT2D eigenvalue weighted by Gasteiger charge is -2.33. The van der Waals surface area contributed by atoms with E-state index in [9.17, 15) is 0 Å². The molecule has 2 aromatic rings. The van der Waals surface area contributed by atoms with Crippen molar-refractivity contribution < 1.29 is 4.74 Å². The van der Waals surface area contributed by atoms with Gasteiger partial charge < -0.3 is 4.74 Å². The summed E-state index contributed by atoms with van der Waals surface area (Å²) in [4.78, 5) is 14.8. The van der Waals surface area contributed by atoms with Crippen LogP contribution in [0, 0.1) is 19.3 Å². The molecule has 0 amide bonds. The monoisotopic (exact) mass is 411 g/mol. The molecule has 1 aliphatic rings. The smallest absolute Gasteiger partial charge is 0.217 e. The molecule has 2 heterocycles. The number of thioether (sulfide) groups is 2. The van der Waals surface area contributed by atoms with Gasteiger partial charge in [-0.25, -0.2) is 9.98 Å². The molecule has 0 atom stereocenters. The Morgan fingerprint density at radius 3 is 2.79 bits per heavy atom. The minimum atomic E-state index is 0.00758. The third-order valence-electron chi connectivity index (χ3n) is 4.58. The lowest BCUT2D eigenvalue weighted by molar-refractivity contribution is 0.392. The lowest BCUT2D eigenvalue weighted by Crippen LogP contribution is -2.22. The number of aryl methyl sites for hydroxylation is 2. The summed E-state index contributed by atoms with van der Waals surface area (Å²) < 4.78 is 5.19. The standard InChI is InChI=1S/C22H25N3OS2/c1-14-7-8-18(15(2)11-14)24-20-17(12-22(4,5)16(3)28-20)13-27-21-23-10-9-19(25-21)26-6/h7-11,13H,3,12H2,1-2,4-6H3/b17-13+,24-20?. The minimum Gasteiger partial charge on any atom is -0.481 e. The van der Waals surface area contributed by atoms with Crippen LogP contribution in [0.1, 0.15) is 31.4 Å². The number of hydrogen-bond donors (Lipinski definition) is 0. The van der Waals surface area contributed by atoms with Gasteiger partial charge in [0, 0.05) is 12.3 Å². The lowest BCUT2D eigenvalue weighted by atomic mass is 9.85. The Balaban J connectivity index is 1.95. The zero-order chi connectivity index (χ0) is 20.3. The largest absolute Gasteiger partial charge is 0.481 e. The van der Waals surface area contributed by atoms with Crippen LogP contribution in [0.5, 0.6) is 5.88 Å². The predicted octanol–water partition coefficient (Wildman–Crippen LogP) is 6.49. The van der Waals surface area contributed by atoms with E-state index in [1.165, 1.54) is 28.5 Å². The highest BCUT2D eigenvalue weighted by atomic mass is 32.2. The maximum atomic E-state index is 5.19. The fourth-order valence-electron chi connectivity index (χ4n) is 2.82. The molecule has 6 heteroatoms. The highest BCUT2D eigenvalue weighted by molar-refractivity contribution is 8.17. The summed E-state index contributed by atoms with van der Waals surface area (Å²) in [6.07, 6.45) is 2.58. The first-order valence-electron chi connectivity index (χ1n) is 9.05. The van der Waals surface area contributed by atoms with Gasteiger partial charge >= 0.3 is 0 Å². The van der Waals surface area contributed by atoms with E-state index in [4.69, 9.17) is 9.73 Å². The quantitative estimate of drug-likeness (QED) is 0.425. The number of allylic oxidation sites excluding steroid dienone is 1. The number of methoxy groups -OCH3 is 1. The maximum Gasteiger partial charge on any atom is 0.217 e. The van der Waals surface area contributed by atoms with E-state index in [-0.39, 0.29) is 5.41 Å². The van der Waals surface area contributed by atoms with Crippen LogP contribution in [-0.4, -0.2) is 22.1 Å². The molecule has 1 fully saturated rings. The Hall–Kier alpha value is -2.05. The molecule has 1 saturated heterocycles. The van der Waals surface area contributed by atoms with Crippen molar-refractivity contribution in [2.24, 2.45) is 10.4 Å². The second-order valence-corrected chi connectivity index (χ2v) is 9.36. The first-order chi connectivity index (χ1) is 13.3. The van der Waals surface area contributed by atoms with Crippen molar-refractivity contribution in [3.05, 3.63) is 64.1 Å². The SMILES string of the molecule is C=C1SC(=Nc2ccc(C)cc2C)/C(=C/Sc2nccc(OC)n2)CC1(C)C. The molecule has 0 spiro atoms. The fourth-order valence-corrected chi connectivity index (χ4v) is 4.59. The summed E-state index contributed by atoms with van der Waals surface area (Å²) in [6, 6.07) is 8.08. The van der Waals surface area contributed by atoms with Crippen molar-refractivity contribution in [2.45, 2.75) is 39.3 Å². The molecule has 0 bridgehead atoms. The van der Waals surface area contributed by atoms with Crippen molar-refractivity contribution in [2.75, 3.05) is 7.11 Å². The molecule has 1 aromatic heterocycles. The number of aromatic nitrogens is 2. The third kappa shape index (κ3) is 4.86. The highest BCUT2D eigenvalue weighted by Crippen LogP contribution is 2.48. The van der Waals surface area contributed by atoms with Crippen LogP contribution in [0.15, 0.2) is 63.1 Å². The van der Waals surface area contributed by atoms with Gasteiger partial charge in [-0.05, 0) is 53.2 Å². The Labute approximate surface area is 175 Å². The van der Waals surface area contributed by atoms with E-state index < -0.39 is 0 Å². The molecule has 28 heavy (non-hydrogen) atoms. The molecule has 0 N–H and O–H groups in total. The zero-order valence-corrected chi connectivity index (χ0v) is 18.6. The van der Waals surface area contributed by atoms with Gasteiger partial charge in [0.05, 0.1) is 12.8 Å². The molecular weight excluding hydrogens is 386 g/mol. The minimum absolute atomic E-state index is 0.00758. The van der Waals surface area contributed by atoms with Crippen molar-refractivity contribution >= 4 is 34.3 Å². The van der Waals surface area contributed by atoms with Crippen molar-refractivity contribution in [3.63, 3.8) is 0 Å². The van der Waals surface area contributed by atoms with Crippen molar-refractivity contribution in [3.8, 4) is 5.88 Å². The van der Waals surface area contributed by atoms with Gasteiger partial charge in [0.15, 0.2) is 5.16 Å². The van der Waals surface area contributed by atoms with Gasteiger partial charge in [0.2, 0.25) is 5.88 Å². The number of benzene rings is 1. The summed E-state index contributed by atoms with van der Waals surface area (Å²) in [5.74, 6) is 0.562. The van der Waals surface area contributed by atoms with E-state index in [2.05, 4.69) is 67.8 Å². The fraction of sp³-hybridized carbons (Fsp3) is 0.318. The molecule has 1 aliphatic heterocycles. The van der Waals surface area contributed by atoms with E-state index in [1.54, 1.807) is 31.1 Å². The Kier molecular flexibility index (Phi) is 6.30. The second kappa shape index (κ2) is 8.53. The second-order valence-electron chi connectivity index (χ2n) is 7.44. The number of rotatable bonds is 4. The van der Waals surface area contributed by atoms with Gasteiger partial charge in [-0.15, -0.1) is 0 Å². The van der Waals surface area contributed by atoms with Crippen LogP contribution in [-0.2, 0) is 0 Å². The van der Waals surface area contributed by atoms with Gasteiger partial charge in [-0.2, -0.15) is 4.98 Å². The van der Waals surface area contributed by atoms with E-state index in [0.29, 0.717) is 11.0 Å². The molecule has 0 unspecified atom stereocenters. The molecule has 146 valence electrons. The normalized spacial score (nSPS) is 19.2. The van der Waals surface area contributed by atoms with Gasteiger partial charge in [-0.3, -0.25) is 0 Å². The number of nitrogens with zero attached hydrogens (tertiary/aromatic N) is 3. The average Bonchev–Trinajstić information content (AvgIpc) is 2.65. The topological polar surface area (TPSA) is 47.4 Å². The van der Waals surface area contributed by atoms with E-state index >= 15 is 0 Å². The van der Waals surface area contributed by atoms with Gasteiger partial charge in [-0.1, -0.05) is 61.6 Å². The first-order valence-corrected chi connectivity index (χ1v) is 10.7. The molecule has 0 saturated carbocycles. The summed E-state index contributed by atoms with van der Waals surface area (Å²) >= 11 is 3.15. The van der Waals surface area contributed by atoms with Crippen molar-refractivity contribution in [1.29, 1.82) is 0 Å². The van der Waals surface area contributed by atoms with Crippen LogP contribution in [0.2, 0.25) is 0 Å². The Morgan fingerprint density at radius 2 is 2.07 bits per heavy atom. The number of aliphatic imine (C=N–C) groups is 1. The molecule has 1 aromatic carbocycles. The summed E-state index contributed by atoms with van der Waals surface area (Å²) in [7, 11) is 1.61. The highest BCUT2D eigenvalue weighted by Gasteiger charge is 2.32. The zero-order valence-electron chi connectivity index (χ0n) is 16.9. The molecule has 3 rings (SSSR count). The summed E-state index contributed by atoms with van der Waals surface area (Å²) in [5, 5.41) is 3.76. The predicted molar refractivity (Wildman–Crippen MR) is 121 cm³/mol. The van der Waals surface area contributed by atoms with Gasteiger partial charge in [0.25, 0.3) is 0 Å². The third-order valence-corrected chi connectivity index (χ3v) is 6.74. The van der Waals surface area contributed by atoms with E-state index in [1.807, 2.05) is 0 Å².